The van der Waals surface area contributed by atoms with Crippen LogP contribution in [-0.2, 0) is 25.6 Å². The van der Waals surface area contributed by atoms with Gasteiger partial charge in [0.15, 0.2) is 0 Å². The number of carbonyl (C=O) groups is 3. The van der Waals surface area contributed by atoms with Crippen LogP contribution in [0.15, 0.2) is 28.3 Å². The molecule has 2 rings (SSSR count). The number of ether oxygens (including phenoxy) is 1. The molecule has 0 aromatic heterocycles. The maximum Gasteiger partial charge on any atom is 0.331 e. The smallest absolute Gasteiger partial charge is 0.331 e. The maximum atomic E-state index is 12.1. The lowest BCUT2D eigenvalue weighted by molar-refractivity contribution is -0.141. The van der Waals surface area contributed by atoms with Crippen molar-refractivity contribution in [3.8, 4) is 0 Å². The molecule has 116 valence electrons. The molecule has 22 heavy (non-hydrogen) atoms. The maximum absolute atomic E-state index is 12.1. The minimum Gasteiger partial charge on any atom is -0.465 e. The number of ketones is 1. The summed E-state index contributed by atoms with van der Waals surface area (Å²) in [6.45, 7) is 2.94. The molecule has 0 saturated heterocycles. The van der Waals surface area contributed by atoms with Gasteiger partial charge >= 0.3 is 11.9 Å². The molecule has 0 bridgehead atoms. The van der Waals surface area contributed by atoms with E-state index in [9.17, 15) is 14.4 Å². The van der Waals surface area contributed by atoms with E-state index in [0.717, 1.165) is 10.5 Å². The quantitative estimate of drug-likeness (QED) is 0.271. The Morgan fingerprint density at radius 1 is 1.27 bits per heavy atom. The Kier molecular flexibility index (Phi) is 5.32. The Hall–Kier alpha value is -2.15. The van der Waals surface area contributed by atoms with Crippen LogP contribution in [0.2, 0.25) is 0 Å². The minimum atomic E-state index is -0.557. The third kappa shape index (κ3) is 4.17. The van der Waals surface area contributed by atoms with Crippen LogP contribution in [0.3, 0.4) is 0 Å². The SMILES string of the molecule is CC(=O)OCCSc1ccc2c(c1)C/C(=N/OC(C)=O)C2=O. The third-order valence-electron chi connectivity index (χ3n) is 2.88. The largest absolute Gasteiger partial charge is 0.465 e. The number of Topliss-reactive ketones (excluding diaryl/α,β-unsaturated/α-hetero) is 1. The highest BCUT2D eigenvalue weighted by atomic mass is 32.2. The van der Waals surface area contributed by atoms with Crippen molar-refractivity contribution in [2.24, 2.45) is 5.16 Å². The molecule has 1 aliphatic carbocycles. The molecule has 0 unspecified atom stereocenters. The van der Waals surface area contributed by atoms with Crippen molar-refractivity contribution in [2.45, 2.75) is 25.2 Å². The third-order valence-corrected chi connectivity index (χ3v) is 3.84. The molecular weight excluding hydrogens is 306 g/mol. The highest BCUT2D eigenvalue weighted by molar-refractivity contribution is 7.99. The number of nitrogens with zero attached hydrogens (tertiary/aromatic N) is 1. The van der Waals surface area contributed by atoms with Gasteiger partial charge < -0.3 is 9.57 Å². The molecule has 0 spiro atoms. The standard InChI is InChI=1S/C15H15NO5S/c1-9(17)20-5-6-22-12-3-4-13-11(7-12)8-14(15(13)19)16-21-10(2)18/h3-4,7H,5-6,8H2,1-2H3/b16-14-. The minimum absolute atomic E-state index is 0.215. The lowest BCUT2D eigenvalue weighted by Gasteiger charge is -2.04. The molecule has 1 aliphatic rings. The summed E-state index contributed by atoms with van der Waals surface area (Å²) in [6, 6.07) is 5.48. The number of thioether (sulfide) groups is 1. The zero-order valence-corrected chi connectivity index (χ0v) is 13.1. The second kappa shape index (κ2) is 7.22. The molecule has 1 aromatic rings. The van der Waals surface area contributed by atoms with E-state index < -0.39 is 5.97 Å². The number of fused-ring (bicyclic) bond motifs is 1. The van der Waals surface area contributed by atoms with Gasteiger partial charge in [0.25, 0.3) is 0 Å². The van der Waals surface area contributed by atoms with E-state index in [0.29, 0.717) is 24.3 Å². The summed E-state index contributed by atoms with van der Waals surface area (Å²) < 4.78 is 4.86. The van der Waals surface area contributed by atoms with Crippen LogP contribution in [0.25, 0.3) is 0 Å². The number of benzene rings is 1. The molecule has 7 heteroatoms. The van der Waals surface area contributed by atoms with E-state index in [1.807, 2.05) is 12.1 Å². The fourth-order valence-electron chi connectivity index (χ4n) is 1.98. The first-order valence-corrected chi connectivity index (χ1v) is 7.64. The molecule has 0 atom stereocenters. The summed E-state index contributed by atoms with van der Waals surface area (Å²) in [4.78, 5) is 39.0. The summed E-state index contributed by atoms with van der Waals surface area (Å²) in [7, 11) is 0. The lowest BCUT2D eigenvalue weighted by Crippen LogP contribution is -2.09. The molecule has 0 fully saturated rings. The van der Waals surface area contributed by atoms with Crippen molar-refractivity contribution in [3.63, 3.8) is 0 Å². The molecule has 0 aliphatic heterocycles. The number of esters is 1. The van der Waals surface area contributed by atoms with E-state index in [2.05, 4.69) is 9.99 Å². The van der Waals surface area contributed by atoms with Gasteiger partial charge in [-0.05, 0) is 23.8 Å². The zero-order valence-electron chi connectivity index (χ0n) is 12.3. The van der Waals surface area contributed by atoms with E-state index in [1.165, 1.54) is 25.6 Å². The second-order valence-electron chi connectivity index (χ2n) is 4.63. The average Bonchev–Trinajstić information content (AvgIpc) is 2.77. The molecule has 0 heterocycles. The van der Waals surface area contributed by atoms with Crippen molar-refractivity contribution >= 4 is 35.2 Å². The number of carbonyl (C=O) groups excluding carboxylic acids is 3. The molecule has 0 saturated carbocycles. The molecule has 0 amide bonds. The van der Waals surface area contributed by atoms with Crippen LogP contribution >= 0.6 is 11.8 Å². The fraction of sp³-hybridized carbons (Fsp3) is 0.333. The topological polar surface area (TPSA) is 82.0 Å². The predicted octanol–water partition coefficient (Wildman–Crippen LogP) is 2.00. The molecular formula is C15H15NO5S. The van der Waals surface area contributed by atoms with E-state index in [-0.39, 0.29) is 17.5 Å². The number of hydrogen-bond donors (Lipinski definition) is 0. The number of hydrogen-bond acceptors (Lipinski definition) is 7. The highest BCUT2D eigenvalue weighted by Crippen LogP contribution is 2.27. The van der Waals surface area contributed by atoms with Crippen LogP contribution in [0.1, 0.15) is 29.8 Å². The highest BCUT2D eigenvalue weighted by Gasteiger charge is 2.27. The van der Waals surface area contributed by atoms with Gasteiger partial charge in [0.2, 0.25) is 5.78 Å². The van der Waals surface area contributed by atoms with Gasteiger partial charge in [-0.3, -0.25) is 9.59 Å². The summed E-state index contributed by atoms with van der Waals surface area (Å²) in [6.07, 6.45) is 0.347. The van der Waals surface area contributed by atoms with E-state index >= 15 is 0 Å². The van der Waals surface area contributed by atoms with Crippen LogP contribution < -0.4 is 0 Å². The molecule has 0 radical (unpaired) electrons. The molecule has 0 N–H and O–H groups in total. The zero-order chi connectivity index (χ0) is 16.1. The van der Waals surface area contributed by atoms with E-state index in [1.54, 1.807) is 6.07 Å². The van der Waals surface area contributed by atoms with Crippen LogP contribution in [0.5, 0.6) is 0 Å². The first kappa shape index (κ1) is 16.2. The molecule has 6 nitrogen and oxygen atoms in total. The van der Waals surface area contributed by atoms with Gasteiger partial charge in [0, 0.05) is 36.5 Å². The van der Waals surface area contributed by atoms with Crippen molar-refractivity contribution in [3.05, 3.63) is 29.3 Å². The van der Waals surface area contributed by atoms with Gasteiger partial charge in [-0.15, -0.1) is 11.8 Å². The predicted molar refractivity (Wildman–Crippen MR) is 81.0 cm³/mol. The normalized spacial score (nSPS) is 14.8. The number of oxime groups is 1. The summed E-state index contributed by atoms with van der Waals surface area (Å²) in [5.41, 5.74) is 1.66. The van der Waals surface area contributed by atoms with E-state index in [4.69, 9.17) is 4.74 Å². The summed E-state index contributed by atoms with van der Waals surface area (Å²) in [5.74, 6) is -0.432. The van der Waals surface area contributed by atoms with Gasteiger partial charge in [0.05, 0.1) is 0 Å². The first-order chi connectivity index (χ1) is 10.5. The van der Waals surface area contributed by atoms with Gasteiger partial charge in [-0.1, -0.05) is 5.16 Å². The second-order valence-corrected chi connectivity index (χ2v) is 5.80. The van der Waals surface area contributed by atoms with Gasteiger partial charge in [0.1, 0.15) is 12.3 Å². The van der Waals surface area contributed by atoms with Gasteiger partial charge in [-0.25, -0.2) is 4.79 Å². The summed E-state index contributed by atoms with van der Waals surface area (Å²) in [5, 5.41) is 3.60. The Bertz CT molecular complexity index is 653. The monoisotopic (exact) mass is 321 g/mol. The summed E-state index contributed by atoms with van der Waals surface area (Å²) >= 11 is 1.54. The van der Waals surface area contributed by atoms with Crippen LogP contribution in [-0.4, -0.2) is 35.8 Å². The Morgan fingerprint density at radius 2 is 2.05 bits per heavy atom. The van der Waals surface area contributed by atoms with Gasteiger partial charge in [-0.2, -0.15) is 0 Å². The Morgan fingerprint density at radius 3 is 2.73 bits per heavy atom. The Labute approximate surface area is 131 Å². The van der Waals surface area contributed by atoms with Crippen molar-refractivity contribution in [1.82, 2.24) is 0 Å². The first-order valence-electron chi connectivity index (χ1n) is 6.65. The Balaban J connectivity index is 2.00. The van der Waals surface area contributed by atoms with Crippen molar-refractivity contribution in [1.29, 1.82) is 0 Å². The van der Waals surface area contributed by atoms with Crippen molar-refractivity contribution in [2.75, 3.05) is 12.4 Å². The fourth-order valence-corrected chi connectivity index (χ4v) is 2.77. The lowest BCUT2D eigenvalue weighted by atomic mass is 10.1. The average molecular weight is 321 g/mol. The van der Waals surface area contributed by atoms with Crippen LogP contribution in [0.4, 0.5) is 0 Å². The van der Waals surface area contributed by atoms with Crippen LogP contribution in [0, 0.1) is 0 Å². The van der Waals surface area contributed by atoms with Crippen molar-refractivity contribution < 1.29 is 24.0 Å². The molecule has 1 aromatic carbocycles. The number of rotatable bonds is 5.